The van der Waals surface area contributed by atoms with E-state index in [9.17, 15) is 13.2 Å². The second-order valence-electron chi connectivity index (χ2n) is 3.52. The minimum atomic E-state index is -4.69. The van der Waals surface area contributed by atoms with Crippen LogP contribution >= 0.6 is 31.9 Å². The molecular weight excluding hydrogens is 417 g/mol. The monoisotopic (exact) mass is 418 g/mol. The fourth-order valence-corrected chi connectivity index (χ4v) is 2.66. The number of nitrogens with one attached hydrogen (secondary N) is 1. The summed E-state index contributed by atoms with van der Waals surface area (Å²) in [5.41, 5.74) is -2.68. The number of alkyl halides is 3. The van der Waals surface area contributed by atoms with E-state index < -0.39 is 28.7 Å². The van der Waals surface area contributed by atoms with Crippen molar-refractivity contribution in [1.29, 1.82) is 15.8 Å². The van der Waals surface area contributed by atoms with Gasteiger partial charge in [0, 0.05) is 8.95 Å². The van der Waals surface area contributed by atoms with Crippen molar-refractivity contribution in [2.24, 2.45) is 0 Å². The van der Waals surface area contributed by atoms with Gasteiger partial charge in [0.05, 0.1) is 11.3 Å². The van der Waals surface area contributed by atoms with Gasteiger partial charge in [0.1, 0.15) is 23.9 Å². The summed E-state index contributed by atoms with van der Waals surface area (Å²) < 4.78 is 39.2. The van der Waals surface area contributed by atoms with Crippen LogP contribution in [0.5, 0.6) is 0 Å². The third-order valence-electron chi connectivity index (χ3n) is 2.20. The van der Waals surface area contributed by atoms with Crippen LogP contribution in [0, 0.1) is 34.0 Å². The van der Waals surface area contributed by atoms with Crippen LogP contribution in [0.25, 0.3) is 0 Å². The number of hydrogen-bond donors (Lipinski definition) is 1. The molecule has 0 atom stereocenters. The Labute approximate surface area is 134 Å². The van der Waals surface area contributed by atoms with Crippen molar-refractivity contribution in [2.45, 2.75) is 6.18 Å². The molecule has 1 N–H and O–H groups in total. The Hall–Kier alpha value is -2.02. The Morgan fingerprint density at radius 2 is 1.62 bits per heavy atom. The number of rotatable bonds is 2. The minimum absolute atomic E-state index is 0.0205. The fourth-order valence-electron chi connectivity index (χ4n) is 1.33. The largest absolute Gasteiger partial charge is 0.418 e. The highest BCUT2D eigenvalue weighted by Crippen LogP contribution is 2.41. The number of benzene rings is 1. The van der Waals surface area contributed by atoms with Gasteiger partial charge in [-0.3, -0.25) is 0 Å². The van der Waals surface area contributed by atoms with Crippen LogP contribution in [-0.4, -0.2) is 0 Å². The lowest BCUT2D eigenvalue weighted by Crippen LogP contribution is -2.12. The van der Waals surface area contributed by atoms with E-state index in [0.29, 0.717) is 0 Å². The third kappa shape index (κ3) is 3.98. The van der Waals surface area contributed by atoms with E-state index in [4.69, 9.17) is 15.8 Å². The summed E-state index contributed by atoms with van der Waals surface area (Å²) in [4.78, 5) is 0. The summed E-state index contributed by atoms with van der Waals surface area (Å²) in [5.74, 6) is 0. The first-order valence-electron chi connectivity index (χ1n) is 5.02. The highest BCUT2D eigenvalue weighted by atomic mass is 79.9. The summed E-state index contributed by atoms with van der Waals surface area (Å²) >= 11 is 5.89. The van der Waals surface area contributed by atoms with Gasteiger partial charge in [-0.2, -0.15) is 29.0 Å². The van der Waals surface area contributed by atoms with Crippen LogP contribution in [-0.2, 0) is 6.18 Å². The number of allylic oxidation sites excluding steroid dienone is 2. The summed E-state index contributed by atoms with van der Waals surface area (Å²) in [6.45, 7) is 0. The molecule has 0 radical (unpaired) electrons. The Morgan fingerprint density at radius 3 is 2.05 bits per heavy atom. The molecule has 0 saturated carbocycles. The van der Waals surface area contributed by atoms with E-state index in [2.05, 4.69) is 37.2 Å². The fraction of sp³-hybridized carbons (Fsp3) is 0.0833. The van der Waals surface area contributed by atoms with Crippen molar-refractivity contribution in [3.05, 3.63) is 37.9 Å². The molecule has 0 amide bonds. The number of hydrogen-bond acceptors (Lipinski definition) is 4. The van der Waals surface area contributed by atoms with E-state index in [1.807, 2.05) is 0 Å². The Morgan fingerprint density at radius 1 is 1.05 bits per heavy atom. The lowest BCUT2D eigenvalue weighted by atomic mass is 10.1. The molecule has 0 saturated heterocycles. The second-order valence-corrected chi connectivity index (χ2v) is 5.29. The first-order chi connectivity index (χ1) is 9.74. The zero-order valence-corrected chi connectivity index (χ0v) is 13.1. The molecule has 0 aliphatic rings. The normalized spacial score (nSPS) is 10.0. The highest BCUT2D eigenvalue weighted by molar-refractivity contribution is 9.11. The quantitative estimate of drug-likeness (QED) is 0.717. The Bertz CT molecular complexity index is 717. The average molecular weight is 420 g/mol. The van der Waals surface area contributed by atoms with Gasteiger partial charge >= 0.3 is 6.18 Å². The number of nitrogens with zero attached hydrogens (tertiary/aromatic N) is 3. The van der Waals surface area contributed by atoms with E-state index in [0.717, 1.165) is 6.07 Å². The van der Waals surface area contributed by atoms with Gasteiger partial charge in [0.25, 0.3) is 0 Å². The third-order valence-corrected chi connectivity index (χ3v) is 3.28. The van der Waals surface area contributed by atoms with Crippen LogP contribution in [0.1, 0.15) is 5.56 Å². The smallest absolute Gasteiger partial charge is 0.344 e. The molecule has 1 aromatic rings. The number of nitriles is 3. The van der Waals surface area contributed by atoms with Gasteiger partial charge < -0.3 is 5.32 Å². The first kappa shape index (κ1) is 17.0. The predicted molar refractivity (Wildman–Crippen MR) is 74.3 cm³/mol. The molecule has 1 rings (SSSR count). The van der Waals surface area contributed by atoms with Crippen LogP contribution in [0.3, 0.4) is 0 Å². The standard InChI is InChI=1S/C12H3Br2F3N4/c13-7-1-8(12(15,16)17)11(9(14)2-7)21-10(5-20)6(3-18)4-19/h1-2,21H. The molecule has 0 aliphatic heterocycles. The molecule has 0 unspecified atom stereocenters. The Kier molecular flexibility index (Phi) is 5.37. The molecule has 0 aromatic heterocycles. The van der Waals surface area contributed by atoms with E-state index in [-0.39, 0.29) is 8.95 Å². The van der Waals surface area contributed by atoms with Gasteiger partial charge in [-0.25, -0.2) is 0 Å². The molecule has 106 valence electrons. The summed E-state index contributed by atoms with van der Waals surface area (Å²) in [7, 11) is 0. The first-order valence-corrected chi connectivity index (χ1v) is 6.61. The van der Waals surface area contributed by atoms with Gasteiger partial charge in [-0.15, -0.1) is 0 Å². The highest BCUT2D eigenvalue weighted by Gasteiger charge is 2.35. The maximum atomic E-state index is 13.0. The molecule has 0 aliphatic carbocycles. The summed E-state index contributed by atoms with van der Waals surface area (Å²) in [5, 5.41) is 28.4. The molecule has 9 heteroatoms. The topological polar surface area (TPSA) is 83.4 Å². The van der Waals surface area contributed by atoms with Crippen LogP contribution in [0.4, 0.5) is 18.9 Å². The lowest BCUT2D eigenvalue weighted by Gasteiger charge is -2.16. The number of anilines is 1. The zero-order valence-electron chi connectivity index (χ0n) is 9.89. The maximum absolute atomic E-state index is 13.0. The van der Waals surface area contributed by atoms with Crippen molar-refractivity contribution in [3.8, 4) is 18.2 Å². The molecule has 0 bridgehead atoms. The summed E-state index contributed by atoms with van der Waals surface area (Å²) in [6.07, 6.45) is -4.69. The summed E-state index contributed by atoms with van der Waals surface area (Å²) in [6, 6.07) is 6.53. The zero-order chi connectivity index (χ0) is 16.2. The van der Waals surface area contributed by atoms with E-state index in [1.165, 1.54) is 24.3 Å². The van der Waals surface area contributed by atoms with Crippen molar-refractivity contribution in [3.63, 3.8) is 0 Å². The molecule has 21 heavy (non-hydrogen) atoms. The van der Waals surface area contributed by atoms with Crippen molar-refractivity contribution in [2.75, 3.05) is 5.32 Å². The molecular formula is C12H3Br2F3N4. The van der Waals surface area contributed by atoms with Crippen molar-refractivity contribution in [1.82, 2.24) is 0 Å². The predicted octanol–water partition coefficient (Wildman–Crippen LogP) is 4.47. The number of halogens is 5. The van der Waals surface area contributed by atoms with Crippen LogP contribution in [0.2, 0.25) is 0 Å². The van der Waals surface area contributed by atoms with E-state index in [1.54, 1.807) is 0 Å². The SMILES string of the molecule is N#CC(C#N)=C(C#N)Nc1c(Br)cc(Br)cc1C(F)(F)F. The molecule has 0 heterocycles. The molecule has 4 nitrogen and oxygen atoms in total. The van der Waals surface area contributed by atoms with Crippen LogP contribution in [0.15, 0.2) is 32.3 Å². The van der Waals surface area contributed by atoms with Gasteiger partial charge in [0.15, 0.2) is 5.57 Å². The average Bonchev–Trinajstić information content (AvgIpc) is 2.39. The molecule has 0 spiro atoms. The maximum Gasteiger partial charge on any atom is 0.418 e. The van der Waals surface area contributed by atoms with Gasteiger partial charge in [0.2, 0.25) is 0 Å². The van der Waals surface area contributed by atoms with Gasteiger partial charge in [-0.05, 0) is 28.1 Å². The van der Waals surface area contributed by atoms with Gasteiger partial charge in [-0.1, -0.05) is 15.9 Å². The molecule has 0 fully saturated rings. The lowest BCUT2D eigenvalue weighted by molar-refractivity contribution is -0.137. The minimum Gasteiger partial charge on any atom is -0.344 e. The van der Waals surface area contributed by atoms with Crippen LogP contribution < -0.4 is 5.32 Å². The van der Waals surface area contributed by atoms with Crippen molar-refractivity contribution < 1.29 is 13.2 Å². The van der Waals surface area contributed by atoms with E-state index >= 15 is 0 Å². The molecule has 1 aromatic carbocycles. The Balaban J connectivity index is 3.54. The van der Waals surface area contributed by atoms with Crippen molar-refractivity contribution >= 4 is 37.5 Å². The second kappa shape index (κ2) is 6.62.